The number of nitrogens with one attached hydrogen (secondary N) is 1. The maximum absolute atomic E-state index is 10.9. The quantitative estimate of drug-likeness (QED) is 0.624. The van der Waals surface area contributed by atoms with E-state index in [1.54, 1.807) is 0 Å². The van der Waals surface area contributed by atoms with E-state index < -0.39 is 11.2 Å². The molecule has 2 N–H and O–H groups in total. The molecule has 1 aliphatic rings. The molecule has 0 saturated carbocycles. The summed E-state index contributed by atoms with van der Waals surface area (Å²) in [6.07, 6.45) is 3.08. The van der Waals surface area contributed by atoms with Crippen LogP contribution in [0.1, 0.15) is 26.2 Å². The van der Waals surface area contributed by atoms with Gasteiger partial charge < -0.3 is 10.4 Å². The SMILES string of the molecule is CCC(C1CCNCC1)C(S)C(=O)O. The Labute approximate surface area is 90.7 Å². The number of aliphatic carboxylic acids is 1. The van der Waals surface area contributed by atoms with Gasteiger partial charge in [0.2, 0.25) is 0 Å². The van der Waals surface area contributed by atoms with Crippen molar-refractivity contribution in [1.82, 2.24) is 5.32 Å². The summed E-state index contributed by atoms with van der Waals surface area (Å²) >= 11 is 4.19. The standard InChI is InChI=1S/C10H19NO2S/c1-2-8(9(14)10(12)13)7-3-5-11-6-4-7/h7-9,11,14H,2-6H2,1H3,(H,12,13). The minimum atomic E-state index is -0.779. The second-order valence-electron chi connectivity index (χ2n) is 3.94. The van der Waals surface area contributed by atoms with Crippen molar-refractivity contribution in [1.29, 1.82) is 0 Å². The highest BCUT2D eigenvalue weighted by atomic mass is 32.1. The summed E-state index contributed by atoms with van der Waals surface area (Å²) in [5.74, 6) is -0.0310. The zero-order valence-electron chi connectivity index (χ0n) is 8.57. The van der Waals surface area contributed by atoms with Crippen LogP contribution in [0.3, 0.4) is 0 Å². The van der Waals surface area contributed by atoms with Gasteiger partial charge in [-0.1, -0.05) is 13.3 Å². The Morgan fingerprint density at radius 1 is 1.57 bits per heavy atom. The average molecular weight is 217 g/mol. The molecule has 0 aromatic carbocycles. The lowest BCUT2D eigenvalue weighted by Gasteiger charge is -2.31. The van der Waals surface area contributed by atoms with Crippen LogP contribution in [0.4, 0.5) is 0 Å². The Balaban J connectivity index is 2.55. The highest BCUT2D eigenvalue weighted by Crippen LogP contribution is 2.30. The van der Waals surface area contributed by atoms with Crippen molar-refractivity contribution in [3.63, 3.8) is 0 Å². The van der Waals surface area contributed by atoms with Gasteiger partial charge >= 0.3 is 5.97 Å². The number of rotatable bonds is 4. The van der Waals surface area contributed by atoms with Crippen molar-refractivity contribution < 1.29 is 9.90 Å². The minimum absolute atomic E-state index is 0.220. The monoisotopic (exact) mass is 217 g/mol. The molecule has 1 rings (SSSR count). The summed E-state index contributed by atoms with van der Waals surface area (Å²) in [4.78, 5) is 10.9. The van der Waals surface area contributed by atoms with Gasteiger partial charge in [0.1, 0.15) is 5.25 Å². The van der Waals surface area contributed by atoms with Crippen LogP contribution in [0.2, 0.25) is 0 Å². The molecule has 2 atom stereocenters. The first-order chi connectivity index (χ1) is 6.66. The smallest absolute Gasteiger partial charge is 0.316 e. The molecule has 0 amide bonds. The van der Waals surface area contributed by atoms with Crippen LogP contribution in [0.25, 0.3) is 0 Å². The highest BCUT2D eigenvalue weighted by molar-refractivity contribution is 7.81. The maximum Gasteiger partial charge on any atom is 0.316 e. The van der Waals surface area contributed by atoms with Crippen LogP contribution in [-0.2, 0) is 4.79 Å². The van der Waals surface area contributed by atoms with E-state index in [2.05, 4.69) is 24.9 Å². The molecule has 0 aromatic heterocycles. The molecule has 4 heteroatoms. The number of carboxylic acids is 1. The van der Waals surface area contributed by atoms with E-state index in [0.29, 0.717) is 5.92 Å². The molecule has 1 heterocycles. The van der Waals surface area contributed by atoms with Gasteiger partial charge in [-0.15, -0.1) is 0 Å². The molecule has 82 valence electrons. The van der Waals surface area contributed by atoms with Crippen molar-refractivity contribution in [2.75, 3.05) is 13.1 Å². The van der Waals surface area contributed by atoms with E-state index in [-0.39, 0.29) is 5.92 Å². The molecule has 0 aliphatic carbocycles. The fourth-order valence-electron chi connectivity index (χ4n) is 2.27. The van der Waals surface area contributed by atoms with Gasteiger partial charge in [-0.3, -0.25) is 4.79 Å². The summed E-state index contributed by atoms with van der Waals surface area (Å²) in [6.45, 7) is 4.08. The molecule has 2 unspecified atom stereocenters. The van der Waals surface area contributed by atoms with Gasteiger partial charge in [0.05, 0.1) is 0 Å². The first-order valence-corrected chi connectivity index (χ1v) is 5.80. The summed E-state index contributed by atoms with van der Waals surface area (Å²) in [5.41, 5.74) is 0. The normalized spacial score (nSPS) is 23.0. The second kappa shape index (κ2) is 5.61. The van der Waals surface area contributed by atoms with Crippen LogP contribution in [0.5, 0.6) is 0 Å². The largest absolute Gasteiger partial charge is 0.480 e. The van der Waals surface area contributed by atoms with Crippen LogP contribution in [0.15, 0.2) is 0 Å². The Morgan fingerprint density at radius 3 is 2.57 bits per heavy atom. The number of carbonyl (C=O) groups is 1. The molecule has 0 aromatic rings. The number of hydrogen-bond donors (Lipinski definition) is 3. The molecule has 1 fully saturated rings. The second-order valence-corrected chi connectivity index (χ2v) is 4.50. The van der Waals surface area contributed by atoms with Gasteiger partial charge in [0, 0.05) is 0 Å². The first-order valence-electron chi connectivity index (χ1n) is 5.28. The highest BCUT2D eigenvalue weighted by Gasteiger charge is 2.30. The molecule has 14 heavy (non-hydrogen) atoms. The Hall–Kier alpha value is -0.220. The molecular formula is C10H19NO2S. The first kappa shape index (κ1) is 11.9. The Kier molecular flexibility index (Phi) is 4.75. The maximum atomic E-state index is 10.9. The molecule has 3 nitrogen and oxygen atoms in total. The van der Waals surface area contributed by atoms with Crippen molar-refractivity contribution in [2.45, 2.75) is 31.4 Å². The third kappa shape index (κ3) is 2.89. The lowest BCUT2D eigenvalue weighted by molar-refractivity contribution is -0.137. The van der Waals surface area contributed by atoms with Crippen molar-refractivity contribution >= 4 is 18.6 Å². The number of hydrogen-bond acceptors (Lipinski definition) is 3. The Bertz CT molecular complexity index is 193. The van der Waals surface area contributed by atoms with Crippen molar-refractivity contribution in [3.05, 3.63) is 0 Å². The van der Waals surface area contributed by atoms with Crippen LogP contribution in [0, 0.1) is 11.8 Å². The third-order valence-corrected chi connectivity index (χ3v) is 3.72. The predicted octanol–water partition coefficient (Wildman–Crippen LogP) is 1.40. The zero-order valence-corrected chi connectivity index (χ0v) is 9.46. The molecule has 0 spiro atoms. The van der Waals surface area contributed by atoms with E-state index in [9.17, 15) is 4.79 Å². The Morgan fingerprint density at radius 2 is 2.14 bits per heavy atom. The number of piperidine rings is 1. The molecular weight excluding hydrogens is 198 g/mol. The minimum Gasteiger partial charge on any atom is -0.480 e. The number of thiol groups is 1. The average Bonchev–Trinajstić information content (AvgIpc) is 2.20. The molecule has 0 bridgehead atoms. The van der Waals surface area contributed by atoms with Gasteiger partial charge in [-0.25, -0.2) is 0 Å². The van der Waals surface area contributed by atoms with Gasteiger partial charge in [-0.05, 0) is 37.8 Å². The van der Waals surface area contributed by atoms with E-state index >= 15 is 0 Å². The van der Waals surface area contributed by atoms with Gasteiger partial charge in [0.15, 0.2) is 0 Å². The fraction of sp³-hybridized carbons (Fsp3) is 0.900. The van der Waals surface area contributed by atoms with Gasteiger partial charge in [-0.2, -0.15) is 12.6 Å². The predicted molar refractivity (Wildman–Crippen MR) is 59.8 cm³/mol. The summed E-state index contributed by atoms with van der Waals surface area (Å²) in [5, 5.41) is 11.7. The summed E-state index contributed by atoms with van der Waals surface area (Å²) < 4.78 is 0. The summed E-state index contributed by atoms with van der Waals surface area (Å²) in [6, 6.07) is 0. The zero-order chi connectivity index (χ0) is 10.6. The topological polar surface area (TPSA) is 49.3 Å². The summed E-state index contributed by atoms with van der Waals surface area (Å²) in [7, 11) is 0. The van der Waals surface area contributed by atoms with Gasteiger partial charge in [0.25, 0.3) is 0 Å². The van der Waals surface area contributed by atoms with E-state index in [1.807, 2.05) is 0 Å². The lowest BCUT2D eigenvalue weighted by atomic mass is 9.81. The van der Waals surface area contributed by atoms with E-state index in [4.69, 9.17) is 5.11 Å². The molecule has 1 aliphatic heterocycles. The molecule has 1 saturated heterocycles. The van der Waals surface area contributed by atoms with E-state index in [0.717, 1.165) is 32.4 Å². The van der Waals surface area contributed by atoms with Crippen molar-refractivity contribution in [3.8, 4) is 0 Å². The van der Waals surface area contributed by atoms with Crippen LogP contribution < -0.4 is 5.32 Å². The fourth-order valence-corrected chi connectivity index (χ4v) is 2.72. The van der Waals surface area contributed by atoms with Crippen LogP contribution in [-0.4, -0.2) is 29.4 Å². The third-order valence-electron chi connectivity index (χ3n) is 3.12. The van der Waals surface area contributed by atoms with E-state index in [1.165, 1.54) is 0 Å². The lowest BCUT2D eigenvalue weighted by Crippen LogP contribution is -2.37. The number of carboxylic acid groups (broad SMARTS) is 1. The van der Waals surface area contributed by atoms with Crippen molar-refractivity contribution in [2.24, 2.45) is 11.8 Å². The molecule has 0 radical (unpaired) electrons. The van der Waals surface area contributed by atoms with Crippen LogP contribution >= 0.6 is 12.6 Å².